The molecule has 0 aromatic heterocycles. The molecule has 0 saturated carbocycles. The lowest BCUT2D eigenvalue weighted by molar-refractivity contribution is 0.0500. The zero-order valence-corrected chi connectivity index (χ0v) is 16.8. The Balaban J connectivity index is 2.45. The minimum atomic E-state index is -0.00716. The largest absolute Gasteiger partial charge is 0.467 e. The van der Waals surface area contributed by atoms with Crippen LogP contribution in [-0.2, 0) is 9.89 Å². The van der Waals surface area contributed by atoms with Crippen LogP contribution in [0.25, 0.3) is 0 Å². The Bertz CT molecular complexity index is 730. The van der Waals surface area contributed by atoms with Crippen LogP contribution in [0.5, 0.6) is 5.75 Å². The van der Waals surface area contributed by atoms with Crippen molar-refractivity contribution in [3.63, 3.8) is 0 Å². The first-order chi connectivity index (χ1) is 12.0. The van der Waals surface area contributed by atoms with E-state index >= 15 is 0 Å². The Kier molecular flexibility index (Phi) is 7.16. The Morgan fingerprint density at radius 2 is 1.96 bits per heavy atom. The number of aliphatic imine (C=N–C) groups is 1. The smallest absolute Gasteiger partial charge is 0.188 e. The van der Waals surface area contributed by atoms with Gasteiger partial charge in [0, 0.05) is 31.1 Å². The molecule has 0 aliphatic rings. The van der Waals surface area contributed by atoms with E-state index in [1.165, 1.54) is 22.0 Å². The number of methoxy groups -OCH3 is 1. The second-order valence-corrected chi connectivity index (χ2v) is 8.23. The summed E-state index contributed by atoms with van der Waals surface area (Å²) in [5.74, 6) is 0.908. The van der Waals surface area contributed by atoms with Crippen molar-refractivity contribution in [2.24, 2.45) is 4.99 Å². The molecule has 3 nitrogen and oxygen atoms in total. The van der Waals surface area contributed by atoms with E-state index < -0.39 is 0 Å². The fourth-order valence-corrected chi connectivity index (χ4v) is 4.40. The Morgan fingerprint density at radius 1 is 1.20 bits per heavy atom. The molecular formula is C21H28NO2P. The molecule has 0 radical (unpaired) electrons. The molecule has 0 saturated heterocycles. The van der Waals surface area contributed by atoms with E-state index in [0.717, 1.165) is 12.2 Å². The van der Waals surface area contributed by atoms with Crippen LogP contribution in [0.4, 0.5) is 0 Å². The van der Waals surface area contributed by atoms with E-state index in [-0.39, 0.29) is 11.9 Å². The van der Waals surface area contributed by atoms with Crippen LogP contribution in [-0.4, -0.2) is 27.2 Å². The molecule has 0 aliphatic carbocycles. The van der Waals surface area contributed by atoms with Gasteiger partial charge in [-0.1, -0.05) is 64.4 Å². The summed E-state index contributed by atoms with van der Waals surface area (Å²) in [5.41, 5.74) is 3.68. The zero-order chi connectivity index (χ0) is 18.3. The van der Waals surface area contributed by atoms with Gasteiger partial charge in [-0.2, -0.15) is 0 Å². The van der Waals surface area contributed by atoms with Gasteiger partial charge in [-0.3, -0.25) is 4.99 Å². The van der Waals surface area contributed by atoms with Crippen LogP contribution in [0.2, 0.25) is 0 Å². The number of benzene rings is 2. The minimum absolute atomic E-state index is 0.00716. The highest BCUT2D eigenvalue weighted by molar-refractivity contribution is 7.48. The second-order valence-electron chi connectivity index (χ2n) is 6.34. The maximum absolute atomic E-state index is 5.86. The normalized spacial score (nSPS) is 14.3. The predicted molar refractivity (Wildman–Crippen MR) is 109 cm³/mol. The number of hydrogen-bond donors (Lipinski definition) is 0. The summed E-state index contributed by atoms with van der Waals surface area (Å²) in [4.78, 5) is 4.21. The SMILES string of the molecule is CCC(C)(Pc1ccccc1/C=N/C)c1cc(C)ccc1OCOC. The number of ether oxygens (including phenoxy) is 2. The van der Waals surface area contributed by atoms with Crippen molar-refractivity contribution in [1.82, 2.24) is 0 Å². The molecule has 134 valence electrons. The lowest BCUT2D eigenvalue weighted by atomic mass is 9.95. The molecule has 25 heavy (non-hydrogen) atoms. The molecule has 0 N–H and O–H groups in total. The van der Waals surface area contributed by atoms with Gasteiger partial charge in [0.2, 0.25) is 0 Å². The number of rotatable bonds is 8. The number of hydrogen-bond acceptors (Lipinski definition) is 3. The van der Waals surface area contributed by atoms with Crippen molar-refractivity contribution in [2.45, 2.75) is 32.3 Å². The Labute approximate surface area is 153 Å². The molecule has 2 aromatic carbocycles. The highest BCUT2D eigenvalue weighted by Crippen LogP contribution is 2.47. The van der Waals surface area contributed by atoms with E-state index in [1.54, 1.807) is 7.11 Å². The lowest BCUT2D eigenvalue weighted by Crippen LogP contribution is -2.21. The molecule has 0 bridgehead atoms. The van der Waals surface area contributed by atoms with E-state index in [1.807, 2.05) is 13.3 Å². The van der Waals surface area contributed by atoms with Gasteiger partial charge in [-0.15, -0.1) is 0 Å². The quantitative estimate of drug-likeness (QED) is 0.391. The van der Waals surface area contributed by atoms with E-state index in [0.29, 0.717) is 8.58 Å². The summed E-state index contributed by atoms with van der Waals surface area (Å²) in [7, 11) is 4.08. The zero-order valence-electron chi connectivity index (χ0n) is 15.8. The summed E-state index contributed by atoms with van der Waals surface area (Å²) in [5, 5.41) is 1.32. The first-order valence-electron chi connectivity index (χ1n) is 8.56. The maximum atomic E-state index is 5.86. The van der Waals surface area contributed by atoms with Crippen LogP contribution >= 0.6 is 8.58 Å². The van der Waals surface area contributed by atoms with Gasteiger partial charge in [0.25, 0.3) is 0 Å². The summed E-state index contributed by atoms with van der Waals surface area (Å²) >= 11 is 0. The predicted octanol–water partition coefficient (Wildman–Crippen LogP) is 4.66. The Hall–Kier alpha value is -1.70. The van der Waals surface area contributed by atoms with Crippen molar-refractivity contribution in [1.29, 1.82) is 0 Å². The van der Waals surface area contributed by atoms with Crippen molar-refractivity contribution < 1.29 is 9.47 Å². The average Bonchev–Trinajstić information content (AvgIpc) is 2.62. The summed E-state index contributed by atoms with van der Waals surface area (Å²) in [6.07, 6.45) is 2.97. The summed E-state index contributed by atoms with van der Waals surface area (Å²) in [6.45, 7) is 6.95. The summed E-state index contributed by atoms with van der Waals surface area (Å²) in [6, 6.07) is 14.9. The molecule has 2 unspecified atom stereocenters. The standard InChI is InChI=1S/C21H28NO2P/c1-6-21(3,25-20-10-8-7-9-17(20)14-22-4)18-13-16(2)11-12-19(18)24-15-23-5/h7-14,25H,6,15H2,1-5H3/b22-14+. The van der Waals surface area contributed by atoms with Crippen molar-refractivity contribution >= 4 is 20.1 Å². The van der Waals surface area contributed by atoms with Crippen molar-refractivity contribution in [3.05, 3.63) is 59.2 Å². The molecule has 2 atom stereocenters. The maximum Gasteiger partial charge on any atom is 0.188 e. The van der Waals surface area contributed by atoms with Gasteiger partial charge in [0.05, 0.1) is 0 Å². The fraction of sp³-hybridized carbons (Fsp3) is 0.381. The Morgan fingerprint density at radius 3 is 2.64 bits per heavy atom. The van der Waals surface area contributed by atoms with Gasteiger partial charge >= 0.3 is 0 Å². The van der Waals surface area contributed by atoms with Crippen LogP contribution in [0.15, 0.2) is 47.5 Å². The average molecular weight is 357 g/mol. The van der Waals surface area contributed by atoms with Crippen LogP contribution in [0, 0.1) is 6.92 Å². The summed E-state index contributed by atoms with van der Waals surface area (Å²) < 4.78 is 11.0. The van der Waals surface area contributed by atoms with E-state index in [9.17, 15) is 0 Å². The van der Waals surface area contributed by atoms with Crippen molar-refractivity contribution in [2.75, 3.05) is 21.0 Å². The molecule has 0 aliphatic heterocycles. The van der Waals surface area contributed by atoms with Crippen LogP contribution < -0.4 is 10.0 Å². The minimum Gasteiger partial charge on any atom is -0.467 e. The first-order valence-corrected chi connectivity index (χ1v) is 9.56. The van der Waals surface area contributed by atoms with E-state index in [2.05, 4.69) is 68.2 Å². The highest BCUT2D eigenvalue weighted by Gasteiger charge is 2.29. The third-order valence-electron chi connectivity index (χ3n) is 4.41. The third kappa shape index (κ3) is 4.90. The molecule has 2 rings (SSSR count). The van der Waals surface area contributed by atoms with Crippen LogP contribution in [0.1, 0.15) is 37.0 Å². The molecular weight excluding hydrogens is 329 g/mol. The molecule has 0 fully saturated rings. The number of nitrogens with zero attached hydrogens (tertiary/aromatic N) is 1. The van der Waals surface area contributed by atoms with Gasteiger partial charge in [-0.25, -0.2) is 0 Å². The first kappa shape index (κ1) is 19.6. The van der Waals surface area contributed by atoms with Crippen LogP contribution in [0.3, 0.4) is 0 Å². The fourth-order valence-electron chi connectivity index (χ4n) is 2.83. The highest BCUT2D eigenvalue weighted by atomic mass is 31.1. The van der Waals surface area contributed by atoms with Gasteiger partial charge in [-0.05, 0) is 30.3 Å². The van der Waals surface area contributed by atoms with E-state index in [4.69, 9.17) is 9.47 Å². The van der Waals surface area contributed by atoms with Gasteiger partial charge < -0.3 is 9.47 Å². The van der Waals surface area contributed by atoms with Crippen molar-refractivity contribution in [3.8, 4) is 5.75 Å². The molecule has 2 aromatic rings. The monoisotopic (exact) mass is 357 g/mol. The van der Waals surface area contributed by atoms with Gasteiger partial charge in [0.1, 0.15) is 5.75 Å². The molecule has 0 amide bonds. The third-order valence-corrected chi connectivity index (χ3v) is 6.31. The molecule has 4 heteroatoms. The van der Waals surface area contributed by atoms with Gasteiger partial charge in [0.15, 0.2) is 6.79 Å². The molecule has 0 spiro atoms. The topological polar surface area (TPSA) is 30.8 Å². The second kappa shape index (κ2) is 9.12. The molecule has 0 heterocycles. The lowest BCUT2D eigenvalue weighted by Gasteiger charge is -2.32. The number of aryl methyl sites for hydroxylation is 1.